The fourth-order valence-corrected chi connectivity index (χ4v) is 2.60. The summed E-state index contributed by atoms with van der Waals surface area (Å²) in [6, 6.07) is 4.48. The van der Waals surface area contributed by atoms with Gasteiger partial charge in [0, 0.05) is 5.54 Å². The van der Waals surface area contributed by atoms with Crippen molar-refractivity contribution in [3.63, 3.8) is 0 Å². The van der Waals surface area contributed by atoms with Gasteiger partial charge in [-0.1, -0.05) is 17.7 Å². The summed E-state index contributed by atoms with van der Waals surface area (Å²) < 4.78 is 26.0. The van der Waals surface area contributed by atoms with Gasteiger partial charge in [0.1, 0.15) is 5.15 Å². The quantitative estimate of drug-likeness (QED) is 0.812. The second-order valence-electron chi connectivity index (χ2n) is 4.15. The van der Waals surface area contributed by atoms with E-state index in [0.29, 0.717) is 0 Å². The molecule has 0 aliphatic rings. The predicted octanol–water partition coefficient (Wildman–Crippen LogP) is 1.81. The highest BCUT2D eigenvalue weighted by Crippen LogP contribution is 2.12. The molecule has 0 radical (unpaired) electrons. The lowest BCUT2D eigenvalue weighted by Crippen LogP contribution is -2.40. The third-order valence-corrected chi connectivity index (χ3v) is 3.28. The van der Waals surface area contributed by atoms with Crippen molar-refractivity contribution < 1.29 is 8.42 Å². The van der Waals surface area contributed by atoms with Crippen LogP contribution in [0.2, 0.25) is 5.15 Å². The van der Waals surface area contributed by atoms with Crippen LogP contribution in [0.5, 0.6) is 0 Å². The summed E-state index contributed by atoms with van der Waals surface area (Å²) in [5.41, 5.74) is -0.539. The highest BCUT2D eigenvalue weighted by Gasteiger charge is 2.22. The smallest absolute Gasteiger partial charge is 0.223 e. The topological polar surface area (TPSA) is 59.1 Å². The van der Waals surface area contributed by atoms with Crippen LogP contribution in [0.15, 0.2) is 23.2 Å². The Balaban J connectivity index is 3.07. The summed E-state index contributed by atoms with van der Waals surface area (Å²) in [5.74, 6) is 0. The van der Waals surface area contributed by atoms with E-state index in [2.05, 4.69) is 9.71 Å². The molecule has 0 atom stereocenters. The molecule has 1 aromatic rings. The normalized spacial score (nSPS) is 12.8. The summed E-state index contributed by atoms with van der Waals surface area (Å²) in [7, 11) is -3.59. The van der Waals surface area contributed by atoms with Crippen LogP contribution >= 0.6 is 11.6 Å². The second kappa shape index (κ2) is 4.08. The zero-order valence-electron chi connectivity index (χ0n) is 8.78. The van der Waals surface area contributed by atoms with Crippen molar-refractivity contribution in [1.29, 1.82) is 0 Å². The molecule has 0 aromatic carbocycles. The lowest BCUT2D eigenvalue weighted by molar-refractivity contribution is 0.489. The molecule has 1 aromatic heterocycles. The molecule has 15 heavy (non-hydrogen) atoms. The molecule has 1 heterocycles. The Labute approximate surface area is 94.7 Å². The van der Waals surface area contributed by atoms with Crippen molar-refractivity contribution in [3.8, 4) is 0 Å². The minimum absolute atomic E-state index is 0.0649. The van der Waals surface area contributed by atoms with Crippen LogP contribution in [0.25, 0.3) is 0 Å². The maximum atomic E-state index is 11.8. The molecule has 0 unspecified atom stereocenters. The van der Waals surface area contributed by atoms with E-state index in [-0.39, 0.29) is 10.2 Å². The Morgan fingerprint density at radius 2 is 1.93 bits per heavy atom. The van der Waals surface area contributed by atoms with Gasteiger partial charge in [0.2, 0.25) is 0 Å². The summed E-state index contributed by atoms with van der Waals surface area (Å²) in [4.78, 5) is 3.74. The fourth-order valence-electron chi connectivity index (χ4n) is 0.995. The summed E-state index contributed by atoms with van der Waals surface area (Å²) in [5, 5.41) is 0.0942. The molecule has 4 nitrogen and oxygen atoms in total. The molecule has 1 rings (SSSR count). The largest absolute Gasteiger partial charge is 0.258 e. The lowest BCUT2D eigenvalue weighted by Gasteiger charge is -2.19. The number of hydrogen-bond donors (Lipinski definition) is 1. The van der Waals surface area contributed by atoms with Crippen LogP contribution in [-0.2, 0) is 10.0 Å². The first kappa shape index (κ1) is 12.4. The van der Waals surface area contributed by atoms with Crippen molar-refractivity contribution in [2.75, 3.05) is 0 Å². The monoisotopic (exact) mass is 248 g/mol. The SMILES string of the molecule is CC(C)(C)NS(=O)(=O)c1cccc(Cl)n1. The number of nitrogens with zero attached hydrogens (tertiary/aromatic N) is 1. The van der Waals surface area contributed by atoms with E-state index < -0.39 is 15.6 Å². The van der Waals surface area contributed by atoms with Gasteiger partial charge in [-0.2, -0.15) is 0 Å². The van der Waals surface area contributed by atoms with Crippen LogP contribution in [0.3, 0.4) is 0 Å². The van der Waals surface area contributed by atoms with Gasteiger partial charge in [-0.25, -0.2) is 18.1 Å². The van der Waals surface area contributed by atoms with Crippen molar-refractivity contribution in [2.45, 2.75) is 31.3 Å². The van der Waals surface area contributed by atoms with Crippen LogP contribution in [0, 0.1) is 0 Å². The Morgan fingerprint density at radius 1 is 1.33 bits per heavy atom. The van der Waals surface area contributed by atoms with Crippen molar-refractivity contribution in [1.82, 2.24) is 9.71 Å². The molecule has 0 fully saturated rings. The van der Waals surface area contributed by atoms with Crippen molar-refractivity contribution >= 4 is 21.6 Å². The number of hydrogen-bond acceptors (Lipinski definition) is 3. The van der Waals surface area contributed by atoms with Crippen molar-refractivity contribution in [2.24, 2.45) is 0 Å². The first-order valence-electron chi connectivity index (χ1n) is 4.37. The third-order valence-electron chi connectivity index (χ3n) is 1.41. The number of aromatic nitrogens is 1. The molecular weight excluding hydrogens is 236 g/mol. The number of halogens is 1. The van der Waals surface area contributed by atoms with Gasteiger partial charge in [0.25, 0.3) is 10.0 Å². The molecule has 84 valence electrons. The Bertz CT molecular complexity index is 451. The molecule has 0 saturated carbocycles. The van der Waals surface area contributed by atoms with Gasteiger partial charge < -0.3 is 0 Å². The molecular formula is C9H13ClN2O2S. The lowest BCUT2D eigenvalue weighted by atomic mass is 10.1. The average molecular weight is 249 g/mol. The molecule has 6 heteroatoms. The van der Waals surface area contributed by atoms with Gasteiger partial charge in [-0.15, -0.1) is 0 Å². The fraction of sp³-hybridized carbons (Fsp3) is 0.444. The zero-order valence-corrected chi connectivity index (χ0v) is 10.4. The Morgan fingerprint density at radius 3 is 2.40 bits per heavy atom. The van der Waals surface area contributed by atoms with E-state index in [1.54, 1.807) is 26.8 Å². The molecule has 0 aliphatic carbocycles. The van der Waals surface area contributed by atoms with E-state index in [4.69, 9.17) is 11.6 Å². The molecule has 0 aliphatic heterocycles. The summed E-state index contributed by atoms with van der Waals surface area (Å²) in [6.07, 6.45) is 0. The van der Waals surface area contributed by atoms with E-state index in [1.165, 1.54) is 12.1 Å². The standard InChI is InChI=1S/C9H13ClN2O2S/c1-9(2,3)12-15(13,14)8-6-4-5-7(10)11-8/h4-6,12H,1-3H3. The number of pyridine rings is 1. The first-order chi connectivity index (χ1) is 6.71. The highest BCUT2D eigenvalue weighted by molar-refractivity contribution is 7.89. The maximum Gasteiger partial charge on any atom is 0.258 e. The van der Waals surface area contributed by atoms with Gasteiger partial charge >= 0.3 is 0 Å². The Hall–Kier alpha value is -0.650. The van der Waals surface area contributed by atoms with E-state index in [9.17, 15) is 8.42 Å². The van der Waals surface area contributed by atoms with Crippen LogP contribution in [-0.4, -0.2) is 18.9 Å². The van der Waals surface area contributed by atoms with Crippen LogP contribution in [0.4, 0.5) is 0 Å². The van der Waals surface area contributed by atoms with Gasteiger partial charge in [-0.3, -0.25) is 0 Å². The maximum absolute atomic E-state index is 11.8. The van der Waals surface area contributed by atoms with E-state index in [0.717, 1.165) is 0 Å². The molecule has 1 N–H and O–H groups in total. The van der Waals surface area contributed by atoms with Gasteiger partial charge in [0.15, 0.2) is 5.03 Å². The third kappa shape index (κ3) is 3.77. The first-order valence-corrected chi connectivity index (χ1v) is 6.23. The zero-order chi connectivity index (χ0) is 11.7. The van der Waals surface area contributed by atoms with Crippen LogP contribution in [0.1, 0.15) is 20.8 Å². The highest BCUT2D eigenvalue weighted by atomic mass is 35.5. The second-order valence-corrected chi connectivity index (χ2v) is 6.17. The van der Waals surface area contributed by atoms with Gasteiger partial charge in [-0.05, 0) is 32.9 Å². The summed E-state index contributed by atoms with van der Waals surface area (Å²) in [6.45, 7) is 5.28. The number of nitrogens with one attached hydrogen (secondary N) is 1. The molecule has 0 amide bonds. The minimum Gasteiger partial charge on any atom is -0.223 e. The average Bonchev–Trinajstić information content (AvgIpc) is 1.99. The molecule has 0 spiro atoms. The van der Waals surface area contributed by atoms with E-state index in [1.807, 2.05) is 0 Å². The van der Waals surface area contributed by atoms with Crippen molar-refractivity contribution in [3.05, 3.63) is 23.4 Å². The van der Waals surface area contributed by atoms with E-state index >= 15 is 0 Å². The van der Waals surface area contributed by atoms with Gasteiger partial charge in [0.05, 0.1) is 0 Å². The minimum atomic E-state index is -3.59. The van der Waals surface area contributed by atoms with Crippen LogP contribution < -0.4 is 4.72 Å². The predicted molar refractivity (Wildman–Crippen MR) is 59.3 cm³/mol. The Kier molecular flexibility index (Phi) is 3.38. The summed E-state index contributed by atoms with van der Waals surface area (Å²) >= 11 is 5.62. The number of rotatable bonds is 2. The molecule has 0 bridgehead atoms. The molecule has 0 saturated heterocycles. The number of sulfonamides is 1.